The van der Waals surface area contributed by atoms with Crippen molar-refractivity contribution in [1.82, 2.24) is 5.32 Å². The van der Waals surface area contributed by atoms with Gasteiger partial charge in [-0.2, -0.15) is 0 Å². The van der Waals surface area contributed by atoms with Crippen LogP contribution in [0.5, 0.6) is 5.75 Å². The van der Waals surface area contributed by atoms with Crippen LogP contribution in [0.25, 0.3) is 0 Å². The number of nitrogens with one attached hydrogen (secondary N) is 1. The van der Waals surface area contributed by atoms with Gasteiger partial charge >= 0.3 is 0 Å². The highest BCUT2D eigenvalue weighted by molar-refractivity contribution is 5.79. The molecule has 1 unspecified atom stereocenters. The average molecular weight is 393 g/mol. The molecular formula is C25H32N2O2. The van der Waals surface area contributed by atoms with Crippen molar-refractivity contribution in [1.29, 1.82) is 0 Å². The molecule has 0 spiro atoms. The average Bonchev–Trinajstić information content (AvgIpc) is 2.67. The van der Waals surface area contributed by atoms with Crippen LogP contribution in [-0.4, -0.2) is 24.6 Å². The number of carbonyl (C=O) groups excluding carboxylic acids is 1. The Morgan fingerprint density at radius 3 is 2.38 bits per heavy atom. The van der Waals surface area contributed by atoms with Crippen molar-refractivity contribution in [2.75, 3.05) is 18.0 Å². The number of benzene rings is 2. The van der Waals surface area contributed by atoms with E-state index in [-0.39, 0.29) is 23.5 Å². The van der Waals surface area contributed by atoms with E-state index in [2.05, 4.69) is 80.4 Å². The molecule has 4 rings (SSSR count). The van der Waals surface area contributed by atoms with Gasteiger partial charge in [0, 0.05) is 36.7 Å². The predicted molar refractivity (Wildman–Crippen MR) is 118 cm³/mol. The number of fused-ring (bicyclic) bond motifs is 1. The lowest BCUT2D eigenvalue weighted by Crippen LogP contribution is -2.45. The predicted octanol–water partition coefficient (Wildman–Crippen LogP) is 4.94. The third-order valence-corrected chi connectivity index (χ3v) is 6.21. The summed E-state index contributed by atoms with van der Waals surface area (Å²) in [4.78, 5) is 15.5. The molecule has 1 atom stereocenters. The van der Waals surface area contributed by atoms with Crippen molar-refractivity contribution in [2.45, 2.75) is 58.6 Å². The van der Waals surface area contributed by atoms with E-state index in [0.717, 1.165) is 43.7 Å². The number of carbonyl (C=O) groups is 1. The third-order valence-electron chi connectivity index (χ3n) is 6.21. The van der Waals surface area contributed by atoms with Crippen LogP contribution in [0.15, 0.2) is 42.5 Å². The zero-order chi connectivity index (χ0) is 20.6. The van der Waals surface area contributed by atoms with Crippen LogP contribution in [0, 0.1) is 19.8 Å². The van der Waals surface area contributed by atoms with E-state index >= 15 is 0 Å². The Bertz CT molecular complexity index is 880. The van der Waals surface area contributed by atoms with Crippen molar-refractivity contribution in [3.05, 3.63) is 59.2 Å². The molecule has 1 fully saturated rings. The van der Waals surface area contributed by atoms with E-state index < -0.39 is 0 Å². The number of piperidine rings is 1. The van der Waals surface area contributed by atoms with E-state index in [1.54, 1.807) is 0 Å². The summed E-state index contributed by atoms with van der Waals surface area (Å²) < 4.78 is 6.17. The number of aryl methyl sites for hydroxylation is 2. The first-order valence-corrected chi connectivity index (χ1v) is 10.7. The second kappa shape index (κ2) is 7.74. The second-order valence-corrected chi connectivity index (χ2v) is 9.27. The van der Waals surface area contributed by atoms with Gasteiger partial charge in [0.2, 0.25) is 5.91 Å². The molecule has 0 saturated carbocycles. The maximum absolute atomic E-state index is 13.1. The van der Waals surface area contributed by atoms with Crippen molar-refractivity contribution < 1.29 is 9.53 Å². The second-order valence-electron chi connectivity index (χ2n) is 9.27. The van der Waals surface area contributed by atoms with Crippen LogP contribution >= 0.6 is 0 Å². The van der Waals surface area contributed by atoms with Gasteiger partial charge in [0.25, 0.3) is 0 Å². The van der Waals surface area contributed by atoms with Crippen LogP contribution < -0.4 is 15.0 Å². The van der Waals surface area contributed by atoms with Gasteiger partial charge in [-0.25, -0.2) is 0 Å². The monoisotopic (exact) mass is 392 g/mol. The number of amides is 1. The van der Waals surface area contributed by atoms with E-state index in [1.165, 1.54) is 16.8 Å². The molecule has 29 heavy (non-hydrogen) atoms. The first-order chi connectivity index (χ1) is 13.8. The molecule has 2 aromatic rings. The fourth-order valence-corrected chi connectivity index (χ4v) is 4.53. The minimum absolute atomic E-state index is 0.0111. The Morgan fingerprint density at radius 2 is 1.69 bits per heavy atom. The van der Waals surface area contributed by atoms with Gasteiger partial charge in [0.1, 0.15) is 11.4 Å². The zero-order valence-electron chi connectivity index (χ0n) is 18.0. The number of rotatable bonds is 3. The molecule has 154 valence electrons. The molecule has 1 saturated heterocycles. The summed E-state index contributed by atoms with van der Waals surface area (Å²) >= 11 is 0. The Kier molecular flexibility index (Phi) is 5.28. The Morgan fingerprint density at radius 1 is 1.03 bits per heavy atom. The third kappa shape index (κ3) is 4.42. The summed E-state index contributed by atoms with van der Waals surface area (Å²) in [5.41, 5.74) is 4.52. The van der Waals surface area contributed by atoms with Gasteiger partial charge in [-0.15, -0.1) is 0 Å². The summed E-state index contributed by atoms with van der Waals surface area (Å²) in [6.45, 7) is 10.2. The summed E-state index contributed by atoms with van der Waals surface area (Å²) in [5.74, 6) is 1.17. The van der Waals surface area contributed by atoms with Crippen molar-refractivity contribution in [3.63, 3.8) is 0 Å². The topological polar surface area (TPSA) is 41.6 Å². The van der Waals surface area contributed by atoms with E-state index in [4.69, 9.17) is 4.74 Å². The lowest BCUT2D eigenvalue weighted by Gasteiger charge is -2.39. The molecule has 2 aromatic carbocycles. The maximum Gasteiger partial charge on any atom is 0.223 e. The summed E-state index contributed by atoms with van der Waals surface area (Å²) in [6.07, 6.45) is 2.58. The van der Waals surface area contributed by atoms with E-state index in [9.17, 15) is 4.79 Å². The van der Waals surface area contributed by atoms with Gasteiger partial charge in [-0.05, 0) is 64.3 Å². The fourth-order valence-electron chi connectivity index (χ4n) is 4.53. The van der Waals surface area contributed by atoms with Gasteiger partial charge in [-0.1, -0.05) is 29.8 Å². The first-order valence-electron chi connectivity index (χ1n) is 10.7. The van der Waals surface area contributed by atoms with Gasteiger partial charge in [0.15, 0.2) is 0 Å². The van der Waals surface area contributed by atoms with Crippen molar-refractivity contribution in [2.24, 2.45) is 5.92 Å². The van der Waals surface area contributed by atoms with Crippen LogP contribution in [0.4, 0.5) is 5.69 Å². The fraction of sp³-hybridized carbons (Fsp3) is 0.480. The molecule has 0 bridgehead atoms. The molecule has 1 amide bonds. The maximum atomic E-state index is 13.1. The molecule has 0 aliphatic carbocycles. The minimum Gasteiger partial charge on any atom is -0.487 e. The summed E-state index contributed by atoms with van der Waals surface area (Å²) in [6, 6.07) is 15.0. The number of nitrogens with zero attached hydrogens (tertiary/aromatic N) is 1. The number of hydrogen-bond acceptors (Lipinski definition) is 3. The minimum atomic E-state index is -0.284. The lowest BCUT2D eigenvalue weighted by molar-refractivity contribution is -0.126. The Hall–Kier alpha value is -2.49. The van der Waals surface area contributed by atoms with Crippen LogP contribution in [0.3, 0.4) is 0 Å². The van der Waals surface area contributed by atoms with Gasteiger partial charge < -0.3 is 15.0 Å². The molecule has 2 aliphatic heterocycles. The molecule has 2 heterocycles. The van der Waals surface area contributed by atoms with Crippen molar-refractivity contribution in [3.8, 4) is 5.75 Å². The number of hydrogen-bond donors (Lipinski definition) is 1. The Balaban J connectivity index is 1.41. The molecular weight excluding hydrogens is 360 g/mol. The van der Waals surface area contributed by atoms with E-state index in [0.29, 0.717) is 0 Å². The standard InChI is InChI=1S/C25H32N2O2/c1-17-5-8-20(9-6-17)27-13-11-19(12-14-27)24(28)26-22-16-25(3,4)29-23-15-18(2)7-10-21(22)23/h5-10,15,19,22H,11-14,16H2,1-4H3,(H,26,28). The number of ether oxygens (including phenoxy) is 1. The smallest absolute Gasteiger partial charge is 0.223 e. The van der Waals surface area contributed by atoms with Gasteiger partial charge in [-0.3, -0.25) is 4.79 Å². The highest BCUT2D eigenvalue weighted by atomic mass is 16.5. The van der Waals surface area contributed by atoms with E-state index in [1.807, 2.05) is 0 Å². The van der Waals surface area contributed by atoms with Crippen LogP contribution in [-0.2, 0) is 4.79 Å². The lowest BCUT2D eigenvalue weighted by atomic mass is 9.88. The highest BCUT2D eigenvalue weighted by Gasteiger charge is 2.36. The highest BCUT2D eigenvalue weighted by Crippen LogP contribution is 2.40. The molecule has 0 radical (unpaired) electrons. The molecule has 0 aromatic heterocycles. The molecule has 4 heteroatoms. The summed E-state index contributed by atoms with van der Waals surface area (Å²) in [7, 11) is 0. The largest absolute Gasteiger partial charge is 0.487 e. The van der Waals surface area contributed by atoms with Crippen LogP contribution in [0.2, 0.25) is 0 Å². The number of anilines is 1. The normalized spacial score (nSPS) is 21.2. The van der Waals surface area contributed by atoms with Crippen molar-refractivity contribution >= 4 is 11.6 Å². The first kappa shape index (κ1) is 19.8. The molecule has 2 aliphatic rings. The SMILES string of the molecule is Cc1ccc(N2CCC(C(=O)NC3CC(C)(C)Oc4cc(C)ccc43)CC2)cc1. The zero-order valence-corrected chi connectivity index (χ0v) is 18.0. The van der Waals surface area contributed by atoms with Gasteiger partial charge in [0.05, 0.1) is 6.04 Å². The molecule has 4 nitrogen and oxygen atoms in total. The molecule has 1 N–H and O–H groups in total. The Labute approximate surface area is 174 Å². The summed E-state index contributed by atoms with van der Waals surface area (Å²) in [5, 5.41) is 3.34. The quantitative estimate of drug-likeness (QED) is 0.804. The van der Waals surface area contributed by atoms with Crippen LogP contribution in [0.1, 0.15) is 55.8 Å².